The average molecular weight is 467 g/mol. The quantitative estimate of drug-likeness (QED) is 0.314. The molecule has 0 heterocycles. The Morgan fingerprint density at radius 1 is 1.03 bits per heavy atom. The summed E-state index contributed by atoms with van der Waals surface area (Å²) in [7, 11) is 1.35. The number of hydrazone groups is 1. The zero-order chi connectivity index (χ0) is 21.3. The van der Waals surface area contributed by atoms with Crippen LogP contribution in [-0.4, -0.2) is 25.2 Å². The van der Waals surface area contributed by atoms with Gasteiger partial charge in [-0.2, -0.15) is 5.10 Å². The summed E-state index contributed by atoms with van der Waals surface area (Å²) < 4.78 is 11.2. The summed E-state index contributed by atoms with van der Waals surface area (Å²) in [6, 6.07) is 21.5. The number of nitrogens with zero attached hydrogens (tertiary/aromatic N) is 1. The van der Waals surface area contributed by atoms with Crippen molar-refractivity contribution in [2.45, 2.75) is 6.61 Å². The molecule has 152 valence electrons. The zero-order valence-electron chi connectivity index (χ0n) is 16.2. The highest BCUT2D eigenvalue weighted by molar-refractivity contribution is 9.10. The van der Waals surface area contributed by atoms with E-state index in [0.29, 0.717) is 28.0 Å². The van der Waals surface area contributed by atoms with Crippen molar-refractivity contribution >= 4 is 34.0 Å². The average Bonchev–Trinajstić information content (AvgIpc) is 2.78. The van der Waals surface area contributed by atoms with E-state index in [4.69, 9.17) is 4.74 Å². The number of carbonyl (C=O) groups is 2. The Labute approximate surface area is 182 Å². The standard InChI is InChI=1S/C23H19BrN2O4/c1-29-23(28)18-11-9-16(10-12-18)15-30-19-6-4-5-17(13-19)14-25-26-22(27)20-7-2-3-8-21(20)24/h2-14H,15H2,1H3,(H,26,27). The monoisotopic (exact) mass is 466 g/mol. The van der Waals surface area contributed by atoms with Crippen molar-refractivity contribution in [2.75, 3.05) is 7.11 Å². The molecule has 1 N–H and O–H groups in total. The first-order valence-corrected chi connectivity index (χ1v) is 9.84. The van der Waals surface area contributed by atoms with Crippen LogP contribution in [0.1, 0.15) is 31.8 Å². The van der Waals surface area contributed by atoms with Crippen molar-refractivity contribution < 1.29 is 19.1 Å². The van der Waals surface area contributed by atoms with Gasteiger partial charge in [-0.05, 0) is 63.5 Å². The minimum Gasteiger partial charge on any atom is -0.489 e. The van der Waals surface area contributed by atoms with Gasteiger partial charge in [-0.25, -0.2) is 10.2 Å². The fourth-order valence-corrected chi connectivity index (χ4v) is 3.04. The molecule has 0 unspecified atom stereocenters. The fraction of sp³-hybridized carbons (Fsp3) is 0.0870. The van der Waals surface area contributed by atoms with Gasteiger partial charge in [0.25, 0.3) is 5.91 Å². The lowest BCUT2D eigenvalue weighted by Crippen LogP contribution is -2.18. The Bertz CT molecular complexity index is 1060. The molecule has 0 saturated carbocycles. The maximum atomic E-state index is 12.2. The lowest BCUT2D eigenvalue weighted by atomic mass is 10.1. The predicted molar refractivity (Wildman–Crippen MR) is 118 cm³/mol. The molecule has 0 fully saturated rings. The lowest BCUT2D eigenvalue weighted by Gasteiger charge is -2.07. The molecule has 6 nitrogen and oxygen atoms in total. The number of nitrogens with one attached hydrogen (secondary N) is 1. The van der Waals surface area contributed by atoms with Gasteiger partial charge in [0.1, 0.15) is 12.4 Å². The molecule has 3 aromatic carbocycles. The van der Waals surface area contributed by atoms with Gasteiger partial charge in [0.05, 0.1) is 24.5 Å². The first-order valence-electron chi connectivity index (χ1n) is 9.05. The number of methoxy groups -OCH3 is 1. The number of halogens is 1. The van der Waals surface area contributed by atoms with Crippen molar-refractivity contribution in [3.63, 3.8) is 0 Å². The molecule has 0 bridgehead atoms. The van der Waals surface area contributed by atoms with Crippen LogP contribution in [0.3, 0.4) is 0 Å². The first-order chi connectivity index (χ1) is 14.6. The highest BCUT2D eigenvalue weighted by Gasteiger charge is 2.07. The topological polar surface area (TPSA) is 77.0 Å². The van der Waals surface area contributed by atoms with Crippen molar-refractivity contribution in [2.24, 2.45) is 5.10 Å². The molecule has 0 spiro atoms. The number of rotatable bonds is 7. The van der Waals surface area contributed by atoms with Gasteiger partial charge in [0.2, 0.25) is 0 Å². The van der Waals surface area contributed by atoms with Gasteiger partial charge in [0.15, 0.2) is 0 Å². The molecule has 0 radical (unpaired) electrons. The summed E-state index contributed by atoms with van der Waals surface area (Å²) >= 11 is 3.34. The molecule has 30 heavy (non-hydrogen) atoms. The number of hydrogen-bond acceptors (Lipinski definition) is 5. The predicted octanol–water partition coefficient (Wildman–Crippen LogP) is 4.58. The molecule has 0 aliphatic rings. The summed E-state index contributed by atoms with van der Waals surface area (Å²) in [6.07, 6.45) is 1.55. The molecular weight excluding hydrogens is 448 g/mol. The molecule has 0 atom stereocenters. The minimum absolute atomic E-state index is 0.304. The molecule has 7 heteroatoms. The minimum atomic E-state index is -0.374. The van der Waals surface area contributed by atoms with E-state index in [1.165, 1.54) is 7.11 Å². The van der Waals surface area contributed by atoms with Crippen LogP contribution in [0.2, 0.25) is 0 Å². The Kier molecular flexibility index (Phi) is 7.34. The lowest BCUT2D eigenvalue weighted by molar-refractivity contribution is 0.0600. The maximum Gasteiger partial charge on any atom is 0.337 e. The van der Waals surface area contributed by atoms with Crippen LogP contribution in [0, 0.1) is 0 Å². The summed E-state index contributed by atoms with van der Waals surface area (Å²) in [6.45, 7) is 0.348. The van der Waals surface area contributed by atoms with Crippen molar-refractivity contribution in [3.05, 3.63) is 99.5 Å². The number of ether oxygens (including phenoxy) is 2. The molecule has 0 saturated heterocycles. The van der Waals surface area contributed by atoms with Gasteiger partial charge in [-0.15, -0.1) is 0 Å². The van der Waals surface area contributed by atoms with Gasteiger partial charge >= 0.3 is 5.97 Å². The molecule has 0 aliphatic heterocycles. The number of hydrogen-bond donors (Lipinski definition) is 1. The number of carbonyl (C=O) groups excluding carboxylic acids is 2. The third-order valence-electron chi connectivity index (χ3n) is 4.14. The largest absolute Gasteiger partial charge is 0.489 e. The second kappa shape index (κ2) is 10.4. The van der Waals surface area contributed by atoms with E-state index in [2.05, 4.69) is 31.2 Å². The summed E-state index contributed by atoms with van der Waals surface area (Å²) in [4.78, 5) is 23.6. The highest BCUT2D eigenvalue weighted by Crippen LogP contribution is 2.16. The molecule has 3 rings (SSSR count). The van der Waals surface area contributed by atoms with Crippen LogP contribution in [0.4, 0.5) is 0 Å². The van der Waals surface area contributed by atoms with E-state index in [0.717, 1.165) is 11.1 Å². The highest BCUT2D eigenvalue weighted by atomic mass is 79.9. The number of amides is 1. The van der Waals surface area contributed by atoms with Crippen LogP contribution in [-0.2, 0) is 11.3 Å². The van der Waals surface area contributed by atoms with Crippen LogP contribution in [0.25, 0.3) is 0 Å². The van der Waals surface area contributed by atoms with Gasteiger partial charge in [-0.3, -0.25) is 4.79 Å². The van der Waals surface area contributed by atoms with E-state index in [1.54, 1.807) is 36.5 Å². The Morgan fingerprint density at radius 2 is 1.80 bits per heavy atom. The summed E-state index contributed by atoms with van der Waals surface area (Å²) in [5, 5.41) is 4.01. The Hall–Kier alpha value is -3.45. The van der Waals surface area contributed by atoms with Gasteiger partial charge in [-0.1, -0.05) is 36.4 Å². The normalized spacial score (nSPS) is 10.6. The first kappa shape index (κ1) is 21.3. The van der Waals surface area contributed by atoms with E-state index >= 15 is 0 Å². The third kappa shape index (κ3) is 5.78. The molecule has 3 aromatic rings. The SMILES string of the molecule is COC(=O)c1ccc(COc2cccc(C=NNC(=O)c3ccccc3Br)c2)cc1. The fourth-order valence-electron chi connectivity index (χ4n) is 2.58. The Balaban J connectivity index is 1.56. The van der Waals surface area contributed by atoms with Crippen molar-refractivity contribution in [1.29, 1.82) is 0 Å². The van der Waals surface area contributed by atoms with Crippen LogP contribution in [0.5, 0.6) is 5.75 Å². The maximum absolute atomic E-state index is 12.2. The van der Waals surface area contributed by atoms with Crippen LogP contribution >= 0.6 is 15.9 Å². The van der Waals surface area contributed by atoms with E-state index in [1.807, 2.05) is 42.5 Å². The van der Waals surface area contributed by atoms with Crippen molar-refractivity contribution in [1.82, 2.24) is 5.43 Å². The van der Waals surface area contributed by atoms with E-state index in [9.17, 15) is 9.59 Å². The molecule has 0 aromatic heterocycles. The second-order valence-electron chi connectivity index (χ2n) is 6.23. The van der Waals surface area contributed by atoms with Gasteiger partial charge < -0.3 is 9.47 Å². The number of esters is 1. The van der Waals surface area contributed by atoms with E-state index < -0.39 is 0 Å². The van der Waals surface area contributed by atoms with Crippen LogP contribution in [0.15, 0.2) is 82.4 Å². The molecule has 0 aliphatic carbocycles. The van der Waals surface area contributed by atoms with Crippen LogP contribution < -0.4 is 10.2 Å². The van der Waals surface area contributed by atoms with Crippen molar-refractivity contribution in [3.8, 4) is 5.75 Å². The molecular formula is C23H19BrN2O4. The Morgan fingerprint density at radius 3 is 2.53 bits per heavy atom. The van der Waals surface area contributed by atoms with E-state index in [-0.39, 0.29) is 11.9 Å². The van der Waals surface area contributed by atoms with Gasteiger partial charge in [0, 0.05) is 4.47 Å². The molecule has 1 amide bonds. The summed E-state index contributed by atoms with van der Waals surface area (Å²) in [5.74, 6) is -0.0178. The smallest absolute Gasteiger partial charge is 0.337 e. The summed E-state index contributed by atoms with van der Waals surface area (Å²) in [5.41, 5.74) is 5.20. The number of benzene rings is 3. The third-order valence-corrected chi connectivity index (χ3v) is 4.83. The second-order valence-corrected chi connectivity index (χ2v) is 7.08. The zero-order valence-corrected chi connectivity index (χ0v) is 17.8.